The quantitative estimate of drug-likeness (QED) is 0.906. The van der Waals surface area contributed by atoms with Crippen LogP contribution in [0.1, 0.15) is 4.88 Å². The third kappa shape index (κ3) is 2.35. The van der Waals surface area contributed by atoms with Gasteiger partial charge in [0.15, 0.2) is 0 Å². The van der Waals surface area contributed by atoms with Crippen LogP contribution in [-0.4, -0.2) is 41.5 Å². The van der Waals surface area contributed by atoms with Crippen LogP contribution in [-0.2, 0) is 14.8 Å². The van der Waals surface area contributed by atoms with E-state index < -0.39 is 22.0 Å². The molecule has 0 radical (unpaired) electrons. The highest BCUT2D eigenvalue weighted by atomic mass is 32.2. The largest absolute Gasteiger partial charge is 0.480 e. The number of rotatable bonds is 3. The van der Waals surface area contributed by atoms with Crippen molar-refractivity contribution in [1.29, 1.82) is 0 Å². The first-order valence-electron chi connectivity index (χ1n) is 4.82. The van der Waals surface area contributed by atoms with E-state index in [1.165, 1.54) is 17.8 Å². The minimum absolute atomic E-state index is 0.205. The van der Waals surface area contributed by atoms with Crippen LogP contribution in [0.4, 0.5) is 0 Å². The second-order valence-electron chi connectivity index (χ2n) is 3.61. The van der Waals surface area contributed by atoms with Crippen LogP contribution in [0.5, 0.6) is 0 Å². The molecule has 8 heteroatoms. The molecule has 1 atom stereocenters. The summed E-state index contributed by atoms with van der Waals surface area (Å²) in [5.41, 5.74) is 0. The third-order valence-electron chi connectivity index (χ3n) is 2.41. The number of thioether (sulfide) groups is 1. The van der Waals surface area contributed by atoms with Crippen LogP contribution in [0.15, 0.2) is 16.3 Å². The fraction of sp³-hybridized carbons (Fsp3) is 0.444. The molecule has 0 spiro atoms. The van der Waals surface area contributed by atoms with E-state index in [0.29, 0.717) is 5.75 Å². The summed E-state index contributed by atoms with van der Waals surface area (Å²) in [6.07, 6.45) is 0. The molecule has 5 nitrogen and oxygen atoms in total. The number of thiophene rings is 1. The molecule has 1 aliphatic heterocycles. The van der Waals surface area contributed by atoms with Crippen molar-refractivity contribution in [2.45, 2.75) is 17.2 Å². The smallest absolute Gasteiger partial charge is 0.322 e. The number of carboxylic acid groups (broad SMARTS) is 1. The second-order valence-corrected chi connectivity index (χ2v) is 8.02. The van der Waals surface area contributed by atoms with Gasteiger partial charge in [0.1, 0.15) is 10.3 Å². The van der Waals surface area contributed by atoms with Gasteiger partial charge in [-0.15, -0.1) is 23.1 Å². The van der Waals surface area contributed by atoms with Crippen molar-refractivity contribution >= 4 is 39.1 Å². The Kier molecular flexibility index (Phi) is 3.48. The van der Waals surface area contributed by atoms with Gasteiger partial charge in [-0.05, 0) is 19.1 Å². The lowest BCUT2D eigenvalue weighted by molar-refractivity contribution is -0.140. The molecule has 0 bridgehead atoms. The van der Waals surface area contributed by atoms with Crippen molar-refractivity contribution in [3.8, 4) is 0 Å². The van der Waals surface area contributed by atoms with E-state index in [9.17, 15) is 13.2 Å². The average molecular weight is 293 g/mol. The first kappa shape index (κ1) is 12.9. The lowest BCUT2D eigenvalue weighted by Crippen LogP contribution is -2.41. The van der Waals surface area contributed by atoms with Crippen LogP contribution < -0.4 is 0 Å². The molecule has 1 N–H and O–H groups in total. The highest BCUT2D eigenvalue weighted by Gasteiger charge is 2.40. The molecule has 0 aromatic carbocycles. The van der Waals surface area contributed by atoms with Crippen molar-refractivity contribution in [2.24, 2.45) is 0 Å². The Morgan fingerprint density at radius 3 is 2.76 bits per heavy atom. The van der Waals surface area contributed by atoms with Gasteiger partial charge in [0.2, 0.25) is 0 Å². The zero-order valence-electron chi connectivity index (χ0n) is 8.99. The Bertz CT molecular complexity index is 536. The number of carboxylic acids is 1. The van der Waals surface area contributed by atoms with Crippen LogP contribution in [0.3, 0.4) is 0 Å². The zero-order valence-corrected chi connectivity index (χ0v) is 11.4. The summed E-state index contributed by atoms with van der Waals surface area (Å²) in [5, 5.41) is 8.98. The van der Waals surface area contributed by atoms with Gasteiger partial charge in [-0.2, -0.15) is 4.31 Å². The molecule has 0 saturated carbocycles. The number of carbonyl (C=O) groups is 1. The van der Waals surface area contributed by atoms with Gasteiger partial charge in [-0.1, -0.05) is 0 Å². The molecule has 94 valence electrons. The predicted molar refractivity (Wildman–Crippen MR) is 66.8 cm³/mol. The van der Waals surface area contributed by atoms with E-state index >= 15 is 0 Å². The summed E-state index contributed by atoms with van der Waals surface area (Å²) in [5.74, 6) is -0.582. The summed E-state index contributed by atoms with van der Waals surface area (Å²) in [6, 6.07) is 2.29. The van der Waals surface area contributed by atoms with E-state index in [-0.39, 0.29) is 10.1 Å². The van der Waals surface area contributed by atoms with Crippen LogP contribution in [0, 0.1) is 6.92 Å². The SMILES string of the molecule is Cc1ccc(S(=O)(=O)N2CSC[C@H]2C(=O)O)s1. The standard InChI is InChI=1S/C9H11NO4S3/c1-6-2-3-8(16-6)17(13,14)10-5-15-4-7(10)9(11)12/h2-3,7H,4-5H2,1H3,(H,11,12)/t7-/m0/s1. The van der Waals surface area contributed by atoms with Gasteiger partial charge in [0, 0.05) is 10.6 Å². The Labute approximate surface area is 107 Å². The second kappa shape index (κ2) is 4.60. The molecule has 1 aromatic heterocycles. The summed E-state index contributed by atoms with van der Waals surface area (Å²) in [6.45, 7) is 1.82. The molecule has 1 aromatic rings. The van der Waals surface area contributed by atoms with Crippen molar-refractivity contribution in [1.82, 2.24) is 4.31 Å². The molecule has 17 heavy (non-hydrogen) atoms. The Balaban J connectivity index is 2.36. The Morgan fingerprint density at radius 2 is 2.24 bits per heavy atom. The molecule has 1 fully saturated rings. The lowest BCUT2D eigenvalue weighted by atomic mass is 10.4. The number of sulfonamides is 1. The van der Waals surface area contributed by atoms with Gasteiger partial charge < -0.3 is 5.11 Å². The average Bonchev–Trinajstić information content (AvgIpc) is 2.84. The van der Waals surface area contributed by atoms with Crippen molar-refractivity contribution in [3.63, 3.8) is 0 Å². The Hall–Kier alpha value is -0.570. The molecule has 2 rings (SSSR count). The minimum Gasteiger partial charge on any atom is -0.480 e. The molecular weight excluding hydrogens is 282 g/mol. The minimum atomic E-state index is -3.66. The number of hydrogen-bond acceptors (Lipinski definition) is 5. The Morgan fingerprint density at radius 1 is 1.53 bits per heavy atom. The number of hydrogen-bond donors (Lipinski definition) is 1. The van der Waals surface area contributed by atoms with Crippen LogP contribution >= 0.6 is 23.1 Å². The van der Waals surface area contributed by atoms with Crippen molar-refractivity contribution < 1.29 is 18.3 Å². The summed E-state index contributed by atoms with van der Waals surface area (Å²) in [7, 11) is -3.66. The summed E-state index contributed by atoms with van der Waals surface area (Å²) >= 11 is 2.48. The maximum atomic E-state index is 12.2. The van der Waals surface area contributed by atoms with Crippen LogP contribution in [0.25, 0.3) is 0 Å². The van der Waals surface area contributed by atoms with Gasteiger partial charge in [0.25, 0.3) is 10.0 Å². The van der Waals surface area contributed by atoms with E-state index in [2.05, 4.69) is 0 Å². The van der Waals surface area contributed by atoms with Gasteiger partial charge in [0.05, 0.1) is 5.88 Å². The predicted octanol–water partition coefficient (Wildman–Crippen LogP) is 1.20. The van der Waals surface area contributed by atoms with Gasteiger partial charge in [-0.3, -0.25) is 4.79 Å². The first-order valence-corrected chi connectivity index (χ1v) is 8.23. The third-order valence-corrected chi connectivity index (χ3v) is 6.90. The number of aliphatic carboxylic acids is 1. The van der Waals surface area contributed by atoms with E-state index in [0.717, 1.165) is 20.5 Å². The van der Waals surface area contributed by atoms with Gasteiger partial charge >= 0.3 is 5.97 Å². The highest BCUT2D eigenvalue weighted by molar-refractivity contribution is 8.01. The van der Waals surface area contributed by atoms with E-state index in [4.69, 9.17) is 5.11 Å². The van der Waals surface area contributed by atoms with Gasteiger partial charge in [-0.25, -0.2) is 8.42 Å². The molecule has 1 aliphatic rings. The number of aryl methyl sites for hydroxylation is 1. The van der Waals surface area contributed by atoms with Crippen molar-refractivity contribution in [3.05, 3.63) is 17.0 Å². The normalized spacial score (nSPS) is 21.8. The molecule has 2 heterocycles. The van der Waals surface area contributed by atoms with E-state index in [1.54, 1.807) is 6.07 Å². The van der Waals surface area contributed by atoms with Crippen LogP contribution in [0.2, 0.25) is 0 Å². The highest BCUT2D eigenvalue weighted by Crippen LogP contribution is 2.31. The first-order chi connectivity index (χ1) is 7.93. The van der Waals surface area contributed by atoms with Crippen molar-refractivity contribution in [2.75, 3.05) is 11.6 Å². The molecule has 0 unspecified atom stereocenters. The summed E-state index contributed by atoms with van der Waals surface area (Å²) in [4.78, 5) is 11.9. The maximum absolute atomic E-state index is 12.2. The lowest BCUT2D eigenvalue weighted by Gasteiger charge is -2.18. The molecule has 0 amide bonds. The topological polar surface area (TPSA) is 74.7 Å². The summed E-state index contributed by atoms with van der Waals surface area (Å²) < 4.78 is 25.7. The molecule has 0 aliphatic carbocycles. The molecule has 1 saturated heterocycles. The maximum Gasteiger partial charge on any atom is 0.322 e. The monoisotopic (exact) mass is 293 g/mol. The number of nitrogens with zero attached hydrogens (tertiary/aromatic N) is 1. The van der Waals surface area contributed by atoms with E-state index in [1.807, 2.05) is 6.92 Å². The fourth-order valence-electron chi connectivity index (χ4n) is 1.53. The molecular formula is C9H11NO4S3. The fourth-order valence-corrected chi connectivity index (χ4v) is 6.07. The zero-order chi connectivity index (χ0) is 12.6.